The first kappa shape index (κ1) is 11.9. The first-order chi connectivity index (χ1) is 10.8. The van der Waals surface area contributed by atoms with Gasteiger partial charge in [0.25, 0.3) is 0 Å². The summed E-state index contributed by atoms with van der Waals surface area (Å²) in [4.78, 5) is 15.4. The van der Waals surface area contributed by atoms with E-state index in [1.165, 1.54) is 5.56 Å². The molecule has 6 heteroatoms. The van der Waals surface area contributed by atoms with E-state index < -0.39 is 6.09 Å². The summed E-state index contributed by atoms with van der Waals surface area (Å²) in [5.41, 5.74) is 1.96. The molecule has 110 valence electrons. The average molecular weight is 296 g/mol. The molecule has 1 aromatic heterocycles. The molecule has 0 radical (unpaired) electrons. The lowest BCUT2D eigenvalue weighted by atomic mass is 10.1. The first-order valence-electron chi connectivity index (χ1n) is 7.18. The summed E-state index contributed by atoms with van der Waals surface area (Å²) in [5.74, 6) is 3.35. The number of benzene rings is 1. The third kappa shape index (κ3) is 1.73. The number of hydrogen-bond acceptors (Lipinski definition) is 5. The molecule has 1 amide bonds. The Balaban J connectivity index is 1.48. The zero-order valence-electron chi connectivity index (χ0n) is 11.5. The molecule has 2 aromatic rings. The van der Waals surface area contributed by atoms with Crippen LogP contribution in [0, 0.1) is 0 Å². The van der Waals surface area contributed by atoms with Crippen LogP contribution in [0.1, 0.15) is 23.5 Å². The number of rotatable bonds is 2. The molecule has 0 saturated heterocycles. The number of carbonyl (C=O) groups excluding carboxylic acids is 1. The zero-order chi connectivity index (χ0) is 14.7. The molecule has 0 bridgehead atoms. The number of ether oxygens (including phenoxy) is 3. The van der Waals surface area contributed by atoms with Gasteiger partial charge in [0.2, 0.25) is 0 Å². The van der Waals surface area contributed by atoms with Crippen LogP contribution in [0.4, 0.5) is 10.6 Å². The SMILES string of the molecule is O=C1Nc2nccc(Oc3ccc4c(c3)C3CC3O4)c2CO1. The minimum absolute atomic E-state index is 0.156. The highest BCUT2D eigenvalue weighted by Gasteiger charge is 2.48. The number of nitrogens with one attached hydrogen (secondary N) is 1. The van der Waals surface area contributed by atoms with Crippen molar-refractivity contribution in [3.63, 3.8) is 0 Å². The Morgan fingerprint density at radius 2 is 2.27 bits per heavy atom. The van der Waals surface area contributed by atoms with Gasteiger partial charge in [-0.1, -0.05) is 0 Å². The summed E-state index contributed by atoms with van der Waals surface area (Å²) < 4.78 is 16.7. The summed E-state index contributed by atoms with van der Waals surface area (Å²) in [6, 6.07) is 7.63. The zero-order valence-corrected chi connectivity index (χ0v) is 11.5. The summed E-state index contributed by atoms with van der Waals surface area (Å²) in [7, 11) is 0. The highest BCUT2D eigenvalue weighted by Crippen LogP contribution is 2.54. The summed E-state index contributed by atoms with van der Waals surface area (Å²) in [6.45, 7) is 0.156. The predicted molar refractivity (Wildman–Crippen MR) is 76.3 cm³/mol. The summed E-state index contributed by atoms with van der Waals surface area (Å²) >= 11 is 0. The molecular formula is C16H12N2O4. The van der Waals surface area contributed by atoms with Crippen LogP contribution >= 0.6 is 0 Å². The number of carbonyl (C=O) groups is 1. The largest absolute Gasteiger partial charge is 0.489 e. The minimum atomic E-state index is -0.494. The second-order valence-corrected chi connectivity index (χ2v) is 5.64. The maximum atomic E-state index is 11.2. The smallest absolute Gasteiger partial charge is 0.413 e. The van der Waals surface area contributed by atoms with Gasteiger partial charge in [0.1, 0.15) is 35.8 Å². The van der Waals surface area contributed by atoms with Crippen LogP contribution in [0.5, 0.6) is 17.2 Å². The molecule has 2 unspecified atom stereocenters. The second-order valence-electron chi connectivity index (χ2n) is 5.64. The van der Waals surface area contributed by atoms with Crippen LogP contribution in [0.25, 0.3) is 0 Å². The molecular weight excluding hydrogens is 284 g/mol. The Morgan fingerprint density at radius 3 is 3.23 bits per heavy atom. The summed E-state index contributed by atoms with van der Waals surface area (Å²) in [6.07, 6.45) is 2.57. The Morgan fingerprint density at radius 1 is 1.32 bits per heavy atom. The molecule has 3 heterocycles. The fourth-order valence-corrected chi connectivity index (χ4v) is 2.99. The molecule has 2 atom stereocenters. The maximum absolute atomic E-state index is 11.2. The average Bonchev–Trinajstić information content (AvgIpc) is 3.20. The number of amides is 1. The van der Waals surface area contributed by atoms with Crippen LogP contribution in [-0.4, -0.2) is 17.2 Å². The number of hydrogen-bond donors (Lipinski definition) is 1. The van der Waals surface area contributed by atoms with Crippen LogP contribution in [0.3, 0.4) is 0 Å². The van der Waals surface area contributed by atoms with Crippen molar-refractivity contribution >= 4 is 11.9 Å². The van der Waals surface area contributed by atoms with Gasteiger partial charge in [0, 0.05) is 17.7 Å². The Bertz CT molecular complexity index is 805. The molecule has 0 spiro atoms. The lowest BCUT2D eigenvalue weighted by molar-refractivity contribution is 0.150. The lowest BCUT2D eigenvalue weighted by Gasteiger charge is -2.19. The lowest BCUT2D eigenvalue weighted by Crippen LogP contribution is -2.21. The van der Waals surface area contributed by atoms with Crippen LogP contribution in [-0.2, 0) is 11.3 Å². The number of pyridine rings is 1. The molecule has 1 fully saturated rings. The molecule has 1 aromatic carbocycles. The van der Waals surface area contributed by atoms with Gasteiger partial charge >= 0.3 is 6.09 Å². The number of aromatic nitrogens is 1. The van der Waals surface area contributed by atoms with Crippen molar-refractivity contribution in [1.29, 1.82) is 0 Å². The summed E-state index contributed by atoms with van der Waals surface area (Å²) in [5, 5.41) is 2.57. The number of nitrogens with zero attached hydrogens (tertiary/aromatic N) is 1. The highest BCUT2D eigenvalue weighted by molar-refractivity contribution is 5.86. The van der Waals surface area contributed by atoms with Gasteiger partial charge in [0.15, 0.2) is 0 Å². The second kappa shape index (κ2) is 4.13. The Labute approximate surface area is 126 Å². The van der Waals surface area contributed by atoms with Gasteiger partial charge < -0.3 is 14.2 Å². The number of fused-ring (bicyclic) bond motifs is 4. The van der Waals surface area contributed by atoms with Crippen molar-refractivity contribution < 1.29 is 19.0 Å². The van der Waals surface area contributed by atoms with Gasteiger partial charge in [-0.05, 0) is 30.7 Å². The van der Waals surface area contributed by atoms with E-state index in [9.17, 15) is 4.79 Å². The van der Waals surface area contributed by atoms with Crippen molar-refractivity contribution in [3.05, 3.63) is 41.6 Å². The first-order valence-corrected chi connectivity index (χ1v) is 7.18. The fraction of sp³-hybridized carbons (Fsp3) is 0.250. The fourth-order valence-electron chi connectivity index (χ4n) is 2.99. The van der Waals surface area contributed by atoms with Crippen LogP contribution in [0.2, 0.25) is 0 Å². The van der Waals surface area contributed by atoms with Gasteiger partial charge in [0.05, 0.1) is 5.56 Å². The van der Waals surface area contributed by atoms with Crippen molar-refractivity contribution in [2.24, 2.45) is 0 Å². The third-order valence-electron chi connectivity index (χ3n) is 4.20. The van der Waals surface area contributed by atoms with Crippen molar-refractivity contribution in [2.45, 2.75) is 25.0 Å². The van der Waals surface area contributed by atoms with Crippen molar-refractivity contribution in [3.8, 4) is 17.2 Å². The van der Waals surface area contributed by atoms with Crippen LogP contribution in [0.15, 0.2) is 30.5 Å². The highest BCUT2D eigenvalue weighted by atomic mass is 16.6. The maximum Gasteiger partial charge on any atom is 0.413 e. The van der Waals surface area contributed by atoms with Gasteiger partial charge in [-0.2, -0.15) is 0 Å². The van der Waals surface area contributed by atoms with Gasteiger partial charge in [-0.3, -0.25) is 5.32 Å². The van der Waals surface area contributed by atoms with Gasteiger partial charge in [-0.15, -0.1) is 0 Å². The van der Waals surface area contributed by atoms with E-state index in [4.69, 9.17) is 14.2 Å². The molecule has 6 nitrogen and oxygen atoms in total. The van der Waals surface area contributed by atoms with E-state index >= 15 is 0 Å². The molecule has 1 N–H and O–H groups in total. The molecule has 2 aliphatic heterocycles. The third-order valence-corrected chi connectivity index (χ3v) is 4.20. The van der Waals surface area contributed by atoms with Crippen LogP contribution < -0.4 is 14.8 Å². The topological polar surface area (TPSA) is 69.7 Å². The number of anilines is 1. The van der Waals surface area contributed by atoms with E-state index in [0.717, 1.165) is 23.5 Å². The van der Waals surface area contributed by atoms with Gasteiger partial charge in [-0.25, -0.2) is 9.78 Å². The van der Waals surface area contributed by atoms with E-state index in [0.29, 0.717) is 23.6 Å². The molecule has 22 heavy (non-hydrogen) atoms. The molecule has 5 rings (SSSR count). The van der Waals surface area contributed by atoms with E-state index in [1.807, 2.05) is 18.2 Å². The molecule has 3 aliphatic rings. The van der Waals surface area contributed by atoms with Crippen molar-refractivity contribution in [2.75, 3.05) is 5.32 Å². The van der Waals surface area contributed by atoms with E-state index in [1.54, 1.807) is 12.3 Å². The Hall–Kier alpha value is -2.76. The van der Waals surface area contributed by atoms with E-state index in [-0.39, 0.29) is 6.61 Å². The molecule has 1 aliphatic carbocycles. The Kier molecular flexibility index (Phi) is 2.22. The standard InChI is InChI=1S/C16H12N2O4/c19-16-18-15-11(7-20-16)13(3-4-17-15)21-8-1-2-12-9(5-8)10-6-14(10)22-12/h1-5,10,14H,6-7H2,(H,17,18,19). The number of cyclic esters (lactones) is 1. The van der Waals surface area contributed by atoms with Crippen molar-refractivity contribution in [1.82, 2.24) is 4.98 Å². The predicted octanol–water partition coefficient (Wildman–Crippen LogP) is 3.18. The quantitative estimate of drug-likeness (QED) is 0.921. The minimum Gasteiger partial charge on any atom is -0.489 e. The van der Waals surface area contributed by atoms with E-state index in [2.05, 4.69) is 10.3 Å². The molecule has 1 saturated carbocycles. The normalized spacial score (nSPS) is 23.4. The monoisotopic (exact) mass is 296 g/mol.